The number of nitrogens with zero attached hydrogens (tertiary/aromatic N) is 1. The van der Waals surface area contributed by atoms with Crippen LogP contribution in [0, 0.1) is 11.7 Å². The van der Waals surface area contributed by atoms with Gasteiger partial charge in [-0.2, -0.15) is 0 Å². The Bertz CT molecular complexity index is 2460. The van der Waals surface area contributed by atoms with Crippen LogP contribution in [0.1, 0.15) is 53.9 Å². The van der Waals surface area contributed by atoms with E-state index in [0.717, 1.165) is 44.1 Å². The summed E-state index contributed by atoms with van der Waals surface area (Å²) in [5.41, 5.74) is 3.22. The number of pyridine rings is 2. The highest BCUT2D eigenvalue weighted by molar-refractivity contribution is 9.10. The average Bonchev–Trinajstić information content (AvgIpc) is 3.90. The second-order valence-electron chi connectivity index (χ2n) is 13.5. The summed E-state index contributed by atoms with van der Waals surface area (Å²) in [5, 5.41) is 4.03. The van der Waals surface area contributed by atoms with Gasteiger partial charge in [-0.05, 0) is 73.3 Å². The summed E-state index contributed by atoms with van der Waals surface area (Å²) in [5.74, 6) is -1.85. The first-order chi connectivity index (χ1) is 26.7. The average molecular weight is 873 g/mol. The molecule has 2 aliphatic rings. The molecule has 10 nitrogen and oxygen atoms in total. The Morgan fingerprint density at radius 1 is 0.764 bits per heavy atom. The lowest BCUT2D eigenvalue weighted by Crippen LogP contribution is -2.32. The molecule has 4 heterocycles. The maximum absolute atomic E-state index is 14.8. The molecular formula is C42H37Br2FN4O6. The zero-order valence-corrected chi connectivity index (χ0v) is 32.7. The number of carbonyl (C=O) groups excluding carboxylic acids is 2. The number of halogens is 3. The van der Waals surface area contributed by atoms with Crippen LogP contribution < -0.4 is 16.2 Å². The number of H-pyrrole nitrogens is 2. The molecule has 6 aromatic rings. The van der Waals surface area contributed by atoms with Gasteiger partial charge in [-0.15, -0.1) is 0 Å². The van der Waals surface area contributed by atoms with Crippen molar-refractivity contribution < 1.29 is 23.5 Å². The molecule has 1 amide bonds. The predicted octanol–water partition coefficient (Wildman–Crippen LogP) is 8.59. The van der Waals surface area contributed by atoms with Crippen molar-refractivity contribution in [1.82, 2.24) is 20.2 Å². The van der Waals surface area contributed by atoms with Crippen LogP contribution in [0.5, 0.6) is 0 Å². The van der Waals surface area contributed by atoms with E-state index in [9.17, 15) is 23.6 Å². The minimum absolute atomic E-state index is 0.0456. The van der Waals surface area contributed by atoms with Crippen LogP contribution in [-0.2, 0) is 27.5 Å². The molecule has 0 bridgehead atoms. The molecule has 3 unspecified atom stereocenters. The summed E-state index contributed by atoms with van der Waals surface area (Å²) in [6.07, 6.45) is 1.84. The van der Waals surface area contributed by atoms with E-state index in [2.05, 4.69) is 47.1 Å². The van der Waals surface area contributed by atoms with Gasteiger partial charge in [-0.1, -0.05) is 92.5 Å². The number of esters is 1. The first kappa shape index (κ1) is 38.2. The molecule has 2 aromatic heterocycles. The fraction of sp³-hybridized carbons (Fsp3) is 0.238. The number of hydrogen-bond donors (Lipinski definition) is 3. The second kappa shape index (κ2) is 17.1. The number of amides is 1. The van der Waals surface area contributed by atoms with Gasteiger partial charge in [0.25, 0.3) is 0 Å². The highest BCUT2D eigenvalue weighted by Gasteiger charge is 2.38. The Balaban J connectivity index is 0.000000169. The minimum Gasteiger partial charge on any atom is -0.461 e. The van der Waals surface area contributed by atoms with Crippen molar-refractivity contribution in [3.05, 3.63) is 161 Å². The molecule has 55 heavy (non-hydrogen) atoms. The van der Waals surface area contributed by atoms with Crippen LogP contribution in [0.15, 0.2) is 122 Å². The zero-order valence-electron chi connectivity index (χ0n) is 29.5. The Labute approximate surface area is 332 Å². The number of ether oxygens (including phenoxy) is 2. The number of fused-ring (bicyclic) bond motifs is 2. The van der Waals surface area contributed by atoms with E-state index in [0.29, 0.717) is 30.4 Å². The molecule has 8 rings (SSSR count). The number of nitrogens with one attached hydrogen (secondary N) is 3. The second-order valence-corrected chi connectivity index (χ2v) is 15.3. The van der Waals surface area contributed by atoms with Gasteiger partial charge < -0.3 is 24.8 Å². The molecule has 0 saturated carbocycles. The molecule has 3 N–H and O–H groups in total. The fourth-order valence-electron chi connectivity index (χ4n) is 7.10. The van der Waals surface area contributed by atoms with Crippen LogP contribution in [0.3, 0.4) is 0 Å². The van der Waals surface area contributed by atoms with E-state index >= 15 is 0 Å². The third kappa shape index (κ3) is 8.74. The van der Waals surface area contributed by atoms with Crippen molar-refractivity contribution in [1.29, 1.82) is 0 Å². The smallest absolute Gasteiger partial charge is 0.410 e. The maximum atomic E-state index is 14.8. The third-order valence-corrected chi connectivity index (χ3v) is 10.8. The first-order valence-electron chi connectivity index (χ1n) is 17.9. The highest BCUT2D eigenvalue weighted by Crippen LogP contribution is 2.33. The topological polar surface area (TPSA) is 134 Å². The van der Waals surface area contributed by atoms with E-state index in [1.165, 1.54) is 0 Å². The van der Waals surface area contributed by atoms with E-state index in [4.69, 9.17) is 9.47 Å². The minimum atomic E-state index is -0.866. The quantitative estimate of drug-likeness (QED) is 0.137. The number of aromatic amines is 2. The number of hydrogen-bond acceptors (Lipinski definition) is 7. The molecule has 0 radical (unpaired) electrons. The highest BCUT2D eigenvalue weighted by atomic mass is 79.9. The third-order valence-electron chi connectivity index (χ3n) is 9.86. The summed E-state index contributed by atoms with van der Waals surface area (Å²) in [4.78, 5) is 58.2. The number of aromatic nitrogens is 2. The maximum Gasteiger partial charge on any atom is 0.410 e. The molecule has 0 spiro atoms. The Hall–Kier alpha value is -5.11. The molecule has 282 valence electrons. The van der Waals surface area contributed by atoms with Crippen molar-refractivity contribution in [2.24, 2.45) is 5.92 Å². The van der Waals surface area contributed by atoms with E-state index in [1.807, 2.05) is 72.8 Å². The summed E-state index contributed by atoms with van der Waals surface area (Å²) in [7, 11) is 0. The van der Waals surface area contributed by atoms with Crippen molar-refractivity contribution >= 4 is 65.7 Å². The van der Waals surface area contributed by atoms with Crippen molar-refractivity contribution in [3.8, 4) is 0 Å². The molecule has 4 aromatic carbocycles. The van der Waals surface area contributed by atoms with Gasteiger partial charge in [-0.3, -0.25) is 19.3 Å². The van der Waals surface area contributed by atoms with Crippen LogP contribution in [0.2, 0.25) is 0 Å². The van der Waals surface area contributed by atoms with Gasteiger partial charge in [-0.25, -0.2) is 9.18 Å². The Kier molecular flexibility index (Phi) is 11.9. The standard InChI is InChI=1S/C21H18BrFN2O3.C21H19BrN2O3/c22-13-6-7-14-16(10-13)25-19(17(23)20(14)26)18-15(8-9-24-18)21(27)28-11-12-4-2-1-3-5-12;22-15-8-9-16-17(11-15)23-18(12-20(16)25)19-7-4-10-24(19)21(26)27-13-14-5-2-1-3-6-14/h1-7,10,15,18,24H,8-9,11H2,(H,25,26);1-3,5-6,8-9,11-12,19H,4,7,10,13H2,(H,23,25). The molecule has 0 aliphatic carbocycles. The van der Waals surface area contributed by atoms with Crippen molar-refractivity contribution in [2.45, 2.75) is 44.6 Å². The summed E-state index contributed by atoms with van der Waals surface area (Å²) < 4.78 is 27.4. The molecule has 3 atom stereocenters. The van der Waals surface area contributed by atoms with Crippen molar-refractivity contribution in [2.75, 3.05) is 13.1 Å². The van der Waals surface area contributed by atoms with Crippen molar-refractivity contribution in [3.63, 3.8) is 0 Å². The van der Waals surface area contributed by atoms with Gasteiger partial charge >= 0.3 is 12.1 Å². The van der Waals surface area contributed by atoms with Crippen LogP contribution in [0.4, 0.5) is 9.18 Å². The summed E-state index contributed by atoms with van der Waals surface area (Å²) >= 11 is 6.79. The Morgan fingerprint density at radius 2 is 1.38 bits per heavy atom. The fourth-order valence-corrected chi connectivity index (χ4v) is 7.83. The number of rotatable bonds is 7. The van der Waals surface area contributed by atoms with E-state index in [1.54, 1.807) is 35.2 Å². The van der Waals surface area contributed by atoms with Gasteiger partial charge in [0.2, 0.25) is 5.43 Å². The SMILES string of the molecule is O=C(OCc1ccccc1)C1CCNC1c1[nH]c2cc(Br)ccc2c(=O)c1F.O=C(OCc1ccccc1)N1CCCC1c1cc(=O)c2ccc(Br)cc2[nH]1. The zero-order chi connectivity index (χ0) is 38.5. The largest absolute Gasteiger partial charge is 0.461 e. The summed E-state index contributed by atoms with van der Waals surface area (Å²) in [6.45, 7) is 1.56. The van der Waals surface area contributed by atoms with Crippen LogP contribution in [-0.4, -0.2) is 40.0 Å². The first-order valence-corrected chi connectivity index (χ1v) is 19.5. The molecule has 2 saturated heterocycles. The molecule has 13 heteroatoms. The Morgan fingerprint density at radius 3 is 2.05 bits per heavy atom. The van der Waals surface area contributed by atoms with Gasteiger partial charge in [0, 0.05) is 38.0 Å². The molecule has 2 aliphatic heterocycles. The molecular weight excluding hydrogens is 835 g/mol. The van der Waals surface area contributed by atoms with Crippen LogP contribution in [0.25, 0.3) is 21.8 Å². The lowest BCUT2D eigenvalue weighted by atomic mass is 9.96. The normalized spacial score (nSPS) is 17.9. The lowest BCUT2D eigenvalue weighted by molar-refractivity contribution is -0.150. The molecule has 2 fully saturated rings. The number of carbonyl (C=O) groups is 2. The van der Waals surface area contributed by atoms with Gasteiger partial charge in [0.15, 0.2) is 11.2 Å². The lowest BCUT2D eigenvalue weighted by Gasteiger charge is -2.24. The number of benzene rings is 4. The van der Waals surface area contributed by atoms with Gasteiger partial charge in [0.1, 0.15) is 13.2 Å². The summed E-state index contributed by atoms with van der Waals surface area (Å²) in [6, 6.07) is 30.3. The van der Waals surface area contributed by atoms with Gasteiger partial charge in [0.05, 0.1) is 34.7 Å². The van der Waals surface area contributed by atoms with E-state index < -0.39 is 29.2 Å². The van der Waals surface area contributed by atoms with Crippen LogP contribution >= 0.6 is 31.9 Å². The predicted molar refractivity (Wildman–Crippen MR) is 215 cm³/mol. The monoisotopic (exact) mass is 870 g/mol. The number of likely N-dealkylation sites (tertiary alicyclic amines) is 1. The van der Waals surface area contributed by atoms with E-state index in [-0.39, 0.29) is 41.9 Å².